The monoisotopic (exact) mass is 250 g/mol. The van der Waals surface area contributed by atoms with Crippen molar-refractivity contribution < 1.29 is 14.7 Å². The van der Waals surface area contributed by atoms with Crippen LogP contribution in [0.5, 0.6) is 0 Å². The van der Waals surface area contributed by atoms with Crippen molar-refractivity contribution in [1.29, 1.82) is 0 Å². The van der Waals surface area contributed by atoms with Crippen molar-refractivity contribution in [2.45, 2.75) is 6.54 Å². The van der Waals surface area contributed by atoms with Crippen LogP contribution in [0.4, 0.5) is 0 Å². The van der Waals surface area contributed by atoms with Gasteiger partial charge in [0.05, 0.1) is 6.20 Å². The van der Waals surface area contributed by atoms with Crippen molar-refractivity contribution in [3.8, 4) is 0 Å². The molecule has 0 aliphatic heterocycles. The number of carbonyl (C=O) groups excluding carboxylic acids is 1. The van der Waals surface area contributed by atoms with Gasteiger partial charge in [-0.05, 0) is 0 Å². The third-order valence-electron chi connectivity index (χ3n) is 2.04. The summed E-state index contributed by atoms with van der Waals surface area (Å²) in [6.45, 7) is 7.50. The molecule has 0 aliphatic carbocycles. The standard InChI is InChI=1S/C11H14N4O3/c1-3-5-14(6-4-2)11(18)9-7-15(13-12-9)8-10(16)17/h3-4,7H,1-2,5-6,8H2,(H,16,17). The average Bonchev–Trinajstić information content (AvgIpc) is 2.75. The Morgan fingerprint density at radius 3 is 2.50 bits per heavy atom. The first-order valence-corrected chi connectivity index (χ1v) is 5.21. The van der Waals surface area contributed by atoms with Gasteiger partial charge < -0.3 is 10.0 Å². The van der Waals surface area contributed by atoms with E-state index in [1.165, 1.54) is 11.1 Å². The molecule has 18 heavy (non-hydrogen) atoms. The number of hydrogen-bond donors (Lipinski definition) is 1. The molecule has 0 saturated heterocycles. The van der Waals surface area contributed by atoms with Crippen LogP contribution in [-0.2, 0) is 11.3 Å². The van der Waals surface area contributed by atoms with Crippen LogP contribution >= 0.6 is 0 Å². The zero-order chi connectivity index (χ0) is 13.5. The molecule has 7 heteroatoms. The first-order valence-electron chi connectivity index (χ1n) is 5.21. The lowest BCUT2D eigenvalue weighted by Gasteiger charge is -2.17. The van der Waals surface area contributed by atoms with E-state index in [0.29, 0.717) is 13.1 Å². The van der Waals surface area contributed by atoms with E-state index < -0.39 is 5.97 Å². The maximum absolute atomic E-state index is 12.0. The first-order chi connectivity index (χ1) is 8.58. The number of carboxylic acids is 1. The number of carboxylic acid groups (broad SMARTS) is 1. The molecule has 1 rings (SSSR count). The molecule has 0 aliphatic rings. The minimum absolute atomic E-state index is 0.0972. The first kappa shape index (κ1) is 13.6. The Morgan fingerprint density at radius 1 is 1.39 bits per heavy atom. The molecule has 7 nitrogen and oxygen atoms in total. The number of aliphatic carboxylic acids is 1. The quantitative estimate of drug-likeness (QED) is 0.697. The highest BCUT2D eigenvalue weighted by Crippen LogP contribution is 2.01. The SMILES string of the molecule is C=CCN(CC=C)C(=O)c1cn(CC(=O)O)nn1. The number of aromatic nitrogens is 3. The van der Waals surface area contributed by atoms with Gasteiger partial charge in [0.25, 0.3) is 5.91 Å². The zero-order valence-electron chi connectivity index (χ0n) is 9.82. The fourth-order valence-electron chi connectivity index (χ4n) is 1.33. The number of nitrogens with zero attached hydrogens (tertiary/aromatic N) is 4. The molecule has 1 N–H and O–H groups in total. The third-order valence-corrected chi connectivity index (χ3v) is 2.04. The summed E-state index contributed by atoms with van der Waals surface area (Å²) in [5.41, 5.74) is 0.0972. The molecule has 0 saturated carbocycles. The lowest BCUT2D eigenvalue weighted by molar-refractivity contribution is -0.137. The van der Waals surface area contributed by atoms with Crippen molar-refractivity contribution >= 4 is 11.9 Å². The largest absolute Gasteiger partial charge is 0.480 e. The topological polar surface area (TPSA) is 88.3 Å². The van der Waals surface area contributed by atoms with Crippen molar-refractivity contribution in [3.63, 3.8) is 0 Å². The summed E-state index contributed by atoms with van der Waals surface area (Å²) in [7, 11) is 0. The van der Waals surface area contributed by atoms with E-state index in [2.05, 4.69) is 23.5 Å². The summed E-state index contributed by atoms with van der Waals surface area (Å²) in [6, 6.07) is 0. The summed E-state index contributed by atoms with van der Waals surface area (Å²) in [5, 5.41) is 15.8. The van der Waals surface area contributed by atoms with Gasteiger partial charge in [0.15, 0.2) is 5.69 Å². The zero-order valence-corrected chi connectivity index (χ0v) is 9.82. The molecule has 1 aromatic rings. The van der Waals surface area contributed by atoms with Crippen molar-refractivity contribution in [2.75, 3.05) is 13.1 Å². The highest BCUT2D eigenvalue weighted by Gasteiger charge is 2.17. The Bertz CT molecular complexity index is 457. The third kappa shape index (κ3) is 3.55. The lowest BCUT2D eigenvalue weighted by atomic mass is 10.3. The second kappa shape index (κ2) is 6.33. The van der Waals surface area contributed by atoms with Crippen LogP contribution in [0.3, 0.4) is 0 Å². The Hall–Kier alpha value is -2.44. The minimum atomic E-state index is -1.05. The Balaban J connectivity index is 2.80. The molecule has 1 aromatic heterocycles. The van der Waals surface area contributed by atoms with Gasteiger partial charge in [-0.25, -0.2) is 4.68 Å². The van der Waals surface area contributed by atoms with E-state index >= 15 is 0 Å². The molecule has 0 aromatic carbocycles. The van der Waals surface area contributed by atoms with Crippen molar-refractivity contribution in [3.05, 3.63) is 37.2 Å². The highest BCUT2D eigenvalue weighted by molar-refractivity contribution is 5.92. The molecule has 0 spiro atoms. The van der Waals surface area contributed by atoms with Gasteiger partial charge in [-0.15, -0.1) is 18.3 Å². The maximum atomic E-state index is 12.0. The van der Waals surface area contributed by atoms with Crippen LogP contribution in [0.15, 0.2) is 31.5 Å². The Labute approximate surface area is 104 Å². The molecule has 0 radical (unpaired) electrons. The molecule has 1 heterocycles. The molecule has 0 unspecified atom stereocenters. The summed E-state index contributed by atoms with van der Waals surface area (Å²) in [6.07, 6.45) is 4.47. The molecule has 0 fully saturated rings. The second-order valence-corrected chi connectivity index (χ2v) is 3.48. The van der Waals surface area contributed by atoms with E-state index in [0.717, 1.165) is 4.68 Å². The van der Waals surface area contributed by atoms with Crippen LogP contribution in [0.1, 0.15) is 10.5 Å². The maximum Gasteiger partial charge on any atom is 0.325 e. The molecule has 96 valence electrons. The van der Waals surface area contributed by atoms with Crippen molar-refractivity contribution in [2.24, 2.45) is 0 Å². The van der Waals surface area contributed by atoms with Crippen LogP contribution < -0.4 is 0 Å². The van der Waals surface area contributed by atoms with E-state index in [9.17, 15) is 9.59 Å². The molecular formula is C11H14N4O3. The number of amides is 1. The van der Waals surface area contributed by atoms with Gasteiger partial charge in [0.1, 0.15) is 6.54 Å². The molecular weight excluding hydrogens is 236 g/mol. The van der Waals surface area contributed by atoms with Crippen LogP contribution in [0.25, 0.3) is 0 Å². The number of hydrogen-bond acceptors (Lipinski definition) is 4. The Morgan fingerprint density at radius 2 is 2.00 bits per heavy atom. The number of rotatable bonds is 7. The molecule has 1 amide bonds. The molecule has 0 bridgehead atoms. The lowest BCUT2D eigenvalue weighted by Crippen LogP contribution is -2.31. The van der Waals surface area contributed by atoms with E-state index in [4.69, 9.17) is 5.11 Å². The predicted molar refractivity (Wildman–Crippen MR) is 64.0 cm³/mol. The van der Waals surface area contributed by atoms with Crippen LogP contribution in [0, 0.1) is 0 Å². The van der Waals surface area contributed by atoms with Gasteiger partial charge in [-0.1, -0.05) is 17.4 Å². The highest BCUT2D eigenvalue weighted by atomic mass is 16.4. The van der Waals surface area contributed by atoms with Crippen LogP contribution in [-0.4, -0.2) is 50.0 Å². The number of carbonyl (C=O) groups is 2. The minimum Gasteiger partial charge on any atom is -0.480 e. The summed E-state index contributed by atoms with van der Waals surface area (Å²) < 4.78 is 1.09. The predicted octanol–water partition coefficient (Wildman–Crippen LogP) is 0.177. The summed E-state index contributed by atoms with van der Waals surface area (Å²) >= 11 is 0. The summed E-state index contributed by atoms with van der Waals surface area (Å²) in [4.78, 5) is 23.9. The van der Waals surface area contributed by atoms with Gasteiger partial charge in [0.2, 0.25) is 0 Å². The Kier molecular flexibility index (Phi) is 4.79. The normalized spacial score (nSPS) is 9.78. The fourth-order valence-corrected chi connectivity index (χ4v) is 1.33. The van der Waals surface area contributed by atoms with Crippen molar-refractivity contribution in [1.82, 2.24) is 19.9 Å². The van der Waals surface area contributed by atoms with E-state index in [1.807, 2.05) is 0 Å². The smallest absolute Gasteiger partial charge is 0.325 e. The fraction of sp³-hybridized carbons (Fsp3) is 0.273. The van der Waals surface area contributed by atoms with Gasteiger partial charge >= 0.3 is 5.97 Å². The van der Waals surface area contributed by atoms with Gasteiger partial charge in [0, 0.05) is 13.1 Å². The van der Waals surface area contributed by atoms with Gasteiger partial charge in [-0.2, -0.15) is 0 Å². The van der Waals surface area contributed by atoms with Gasteiger partial charge in [-0.3, -0.25) is 9.59 Å². The van der Waals surface area contributed by atoms with Crippen LogP contribution in [0.2, 0.25) is 0 Å². The second-order valence-electron chi connectivity index (χ2n) is 3.48. The van der Waals surface area contributed by atoms with E-state index in [1.54, 1.807) is 12.2 Å². The summed E-state index contributed by atoms with van der Waals surface area (Å²) in [5.74, 6) is -1.39. The van der Waals surface area contributed by atoms with E-state index in [-0.39, 0.29) is 18.1 Å². The molecule has 0 atom stereocenters. The average molecular weight is 250 g/mol.